The lowest BCUT2D eigenvalue weighted by molar-refractivity contribution is -0.147. The van der Waals surface area contributed by atoms with Crippen molar-refractivity contribution in [2.24, 2.45) is 0 Å². The summed E-state index contributed by atoms with van der Waals surface area (Å²) in [4.78, 5) is 23.6. The Morgan fingerprint density at radius 3 is 2.05 bits per heavy atom. The number of carbonyl (C=O) groups is 2. The minimum Gasteiger partial charge on any atom is -0.480 e. The number of aliphatic carboxylic acids is 1. The van der Waals surface area contributed by atoms with Gasteiger partial charge in [-0.15, -0.1) is 0 Å². The second-order valence-corrected chi connectivity index (χ2v) is 5.41. The molecule has 0 rings (SSSR count). The number of hydrogen-bond acceptors (Lipinski definition) is 2. The van der Waals surface area contributed by atoms with E-state index in [0.717, 1.165) is 19.3 Å². The van der Waals surface area contributed by atoms with Crippen molar-refractivity contribution in [2.75, 3.05) is 0 Å². The molecule has 0 fully saturated rings. The molecule has 0 aromatic carbocycles. The first kappa shape index (κ1) is 17.9. The second kappa shape index (κ2) is 10.8. The molecule has 0 spiro atoms. The molecule has 0 aliphatic heterocycles. The molecule has 0 aliphatic rings. The fourth-order valence-electron chi connectivity index (χ4n) is 2.25. The van der Waals surface area contributed by atoms with Gasteiger partial charge in [0.05, 0.1) is 0 Å². The van der Waals surface area contributed by atoms with Crippen LogP contribution in [0.3, 0.4) is 0 Å². The molecule has 0 bridgehead atoms. The molecule has 0 aromatic heterocycles. The minimum absolute atomic E-state index is 0.0665. The molecule has 1 unspecified atom stereocenters. The lowest BCUT2D eigenvalue weighted by Gasteiger charge is -2.28. The van der Waals surface area contributed by atoms with Gasteiger partial charge < -0.3 is 10.0 Å². The zero-order valence-corrected chi connectivity index (χ0v) is 12.6. The van der Waals surface area contributed by atoms with Crippen LogP contribution in [0, 0.1) is 0 Å². The third-order valence-corrected chi connectivity index (χ3v) is 3.44. The van der Waals surface area contributed by atoms with Crippen LogP contribution in [0.4, 0.5) is 0 Å². The summed E-state index contributed by atoms with van der Waals surface area (Å²) in [6.07, 6.45) is 9.32. The van der Waals surface area contributed by atoms with Gasteiger partial charge in [-0.2, -0.15) is 0 Å². The average molecular weight is 271 g/mol. The number of carboxylic acid groups (broad SMARTS) is 1. The standard InChI is InChI=1S/C15H29NO3/c1-4-5-6-7-8-9-10-11-14(15(18)19)16(12-17)13(2)3/h12-14H,4-11H2,1-3H3,(H,18,19). The first-order valence-electron chi connectivity index (χ1n) is 7.50. The van der Waals surface area contributed by atoms with E-state index in [1.54, 1.807) is 0 Å². The molecular formula is C15H29NO3. The van der Waals surface area contributed by atoms with E-state index in [1.807, 2.05) is 13.8 Å². The van der Waals surface area contributed by atoms with Crippen LogP contribution in [0.5, 0.6) is 0 Å². The highest BCUT2D eigenvalue weighted by Gasteiger charge is 2.25. The summed E-state index contributed by atoms with van der Waals surface area (Å²) >= 11 is 0. The van der Waals surface area contributed by atoms with Gasteiger partial charge in [0.15, 0.2) is 0 Å². The van der Waals surface area contributed by atoms with Gasteiger partial charge in [0.25, 0.3) is 0 Å². The molecule has 1 N–H and O–H groups in total. The van der Waals surface area contributed by atoms with E-state index in [9.17, 15) is 14.7 Å². The molecule has 0 radical (unpaired) electrons. The number of unbranched alkanes of at least 4 members (excludes halogenated alkanes) is 6. The van der Waals surface area contributed by atoms with Gasteiger partial charge in [0, 0.05) is 6.04 Å². The maximum atomic E-state index is 11.2. The monoisotopic (exact) mass is 271 g/mol. The second-order valence-electron chi connectivity index (χ2n) is 5.41. The molecule has 0 aromatic rings. The zero-order valence-electron chi connectivity index (χ0n) is 12.6. The SMILES string of the molecule is CCCCCCCCCC(C(=O)O)N(C=O)C(C)C. The normalized spacial score (nSPS) is 12.4. The van der Waals surface area contributed by atoms with Gasteiger partial charge in [0.1, 0.15) is 6.04 Å². The van der Waals surface area contributed by atoms with Crippen molar-refractivity contribution >= 4 is 12.4 Å². The number of carbonyl (C=O) groups excluding carboxylic acids is 1. The van der Waals surface area contributed by atoms with Crippen molar-refractivity contribution in [3.05, 3.63) is 0 Å². The summed E-state index contributed by atoms with van der Waals surface area (Å²) < 4.78 is 0. The lowest BCUT2D eigenvalue weighted by Crippen LogP contribution is -2.44. The highest BCUT2D eigenvalue weighted by Crippen LogP contribution is 2.14. The smallest absolute Gasteiger partial charge is 0.326 e. The Bertz CT molecular complexity index is 254. The number of carboxylic acids is 1. The molecule has 4 heteroatoms. The van der Waals surface area contributed by atoms with Crippen LogP contribution >= 0.6 is 0 Å². The molecule has 1 atom stereocenters. The summed E-state index contributed by atoms with van der Waals surface area (Å²) in [6, 6.07) is -0.740. The van der Waals surface area contributed by atoms with Crippen LogP contribution in [0.2, 0.25) is 0 Å². The van der Waals surface area contributed by atoms with Crippen LogP contribution in [0.25, 0.3) is 0 Å². The molecule has 0 saturated heterocycles. The van der Waals surface area contributed by atoms with Gasteiger partial charge in [-0.25, -0.2) is 4.79 Å². The summed E-state index contributed by atoms with van der Waals surface area (Å²) in [6.45, 7) is 5.88. The predicted molar refractivity (Wildman–Crippen MR) is 77.1 cm³/mol. The summed E-state index contributed by atoms with van der Waals surface area (Å²) in [5.74, 6) is -0.896. The van der Waals surface area contributed by atoms with Crippen LogP contribution < -0.4 is 0 Å². The third-order valence-electron chi connectivity index (χ3n) is 3.44. The van der Waals surface area contributed by atoms with Crippen molar-refractivity contribution in [2.45, 2.75) is 84.2 Å². The van der Waals surface area contributed by atoms with E-state index in [4.69, 9.17) is 0 Å². The molecule has 0 saturated carbocycles. The van der Waals surface area contributed by atoms with Crippen molar-refractivity contribution in [1.29, 1.82) is 0 Å². The number of nitrogens with zero attached hydrogens (tertiary/aromatic N) is 1. The topological polar surface area (TPSA) is 57.6 Å². The van der Waals surface area contributed by atoms with Crippen molar-refractivity contribution < 1.29 is 14.7 Å². The fourth-order valence-corrected chi connectivity index (χ4v) is 2.25. The average Bonchev–Trinajstić information content (AvgIpc) is 2.35. The third kappa shape index (κ3) is 7.85. The summed E-state index contributed by atoms with van der Waals surface area (Å²) in [5, 5.41) is 9.20. The quantitative estimate of drug-likeness (QED) is 0.437. The van der Waals surface area contributed by atoms with Crippen LogP contribution in [-0.4, -0.2) is 34.5 Å². The Morgan fingerprint density at radius 1 is 1.11 bits per heavy atom. The van der Waals surface area contributed by atoms with Gasteiger partial charge in [-0.1, -0.05) is 51.9 Å². The Labute approximate surface area is 117 Å². The molecule has 112 valence electrons. The molecule has 0 aliphatic carbocycles. The molecule has 1 amide bonds. The number of hydrogen-bond donors (Lipinski definition) is 1. The first-order valence-corrected chi connectivity index (χ1v) is 7.50. The Morgan fingerprint density at radius 2 is 1.63 bits per heavy atom. The maximum Gasteiger partial charge on any atom is 0.326 e. The van der Waals surface area contributed by atoms with Gasteiger partial charge >= 0.3 is 5.97 Å². The molecular weight excluding hydrogens is 242 g/mol. The minimum atomic E-state index is -0.896. The van der Waals surface area contributed by atoms with Gasteiger partial charge in [0.2, 0.25) is 6.41 Å². The van der Waals surface area contributed by atoms with E-state index in [1.165, 1.54) is 30.6 Å². The number of rotatable bonds is 12. The van der Waals surface area contributed by atoms with Crippen molar-refractivity contribution in [1.82, 2.24) is 4.90 Å². The lowest BCUT2D eigenvalue weighted by atomic mass is 10.0. The Balaban J connectivity index is 3.96. The predicted octanol–water partition coefficient (Wildman–Crippen LogP) is 3.45. The Hall–Kier alpha value is -1.06. The highest BCUT2D eigenvalue weighted by atomic mass is 16.4. The van der Waals surface area contributed by atoms with E-state index >= 15 is 0 Å². The summed E-state index contributed by atoms with van der Waals surface area (Å²) in [5.41, 5.74) is 0. The van der Waals surface area contributed by atoms with Crippen molar-refractivity contribution in [3.8, 4) is 0 Å². The zero-order chi connectivity index (χ0) is 14.7. The Kier molecular flexibility index (Phi) is 10.2. The molecule has 19 heavy (non-hydrogen) atoms. The van der Waals surface area contributed by atoms with Crippen LogP contribution in [0.1, 0.15) is 72.1 Å². The van der Waals surface area contributed by atoms with E-state index in [0.29, 0.717) is 12.8 Å². The van der Waals surface area contributed by atoms with Gasteiger partial charge in [-0.05, 0) is 20.3 Å². The maximum absolute atomic E-state index is 11.2. The van der Waals surface area contributed by atoms with E-state index < -0.39 is 12.0 Å². The fraction of sp³-hybridized carbons (Fsp3) is 0.867. The molecule has 0 heterocycles. The van der Waals surface area contributed by atoms with E-state index in [2.05, 4.69) is 6.92 Å². The first-order chi connectivity index (χ1) is 9.04. The largest absolute Gasteiger partial charge is 0.480 e. The summed E-state index contributed by atoms with van der Waals surface area (Å²) in [7, 11) is 0. The van der Waals surface area contributed by atoms with Crippen LogP contribution in [-0.2, 0) is 9.59 Å². The van der Waals surface area contributed by atoms with Gasteiger partial charge in [-0.3, -0.25) is 4.79 Å². The highest BCUT2D eigenvalue weighted by molar-refractivity contribution is 5.76. The van der Waals surface area contributed by atoms with Crippen LogP contribution in [0.15, 0.2) is 0 Å². The van der Waals surface area contributed by atoms with Crippen molar-refractivity contribution in [3.63, 3.8) is 0 Å². The van der Waals surface area contributed by atoms with E-state index in [-0.39, 0.29) is 6.04 Å². The molecule has 4 nitrogen and oxygen atoms in total. The number of amides is 1.